The van der Waals surface area contributed by atoms with Gasteiger partial charge in [0, 0.05) is 6.07 Å². The molecule has 0 atom stereocenters. The Hall–Kier alpha value is -3.61. The maximum absolute atomic E-state index is 12.0. The normalized spacial score (nSPS) is 10.3. The number of aromatic nitrogens is 1. The van der Waals surface area contributed by atoms with Gasteiger partial charge < -0.3 is 19.8 Å². The van der Waals surface area contributed by atoms with E-state index >= 15 is 0 Å². The first kappa shape index (κ1) is 18.2. The smallest absolute Gasteiger partial charge is 0.255 e. The van der Waals surface area contributed by atoms with Gasteiger partial charge in [-0.1, -0.05) is 30.3 Å². The van der Waals surface area contributed by atoms with E-state index in [1.807, 2.05) is 30.3 Å². The second-order valence-electron chi connectivity index (χ2n) is 5.78. The highest BCUT2D eigenvalue weighted by Gasteiger charge is 2.12. The minimum absolute atomic E-state index is 0.157. The van der Waals surface area contributed by atoms with Crippen molar-refractivity contribution in [2.45, 2.75) is 13.5 Å². The molecule has 0 unspecified atom stereocenters. The van der Waals surface area contributed by atoms with E-state index in [0.29, 0.717) is 29.5 Å². The molecule has 0 aliphatic heterocycles. The molecule has 3 rings (SSSR count). The SMILES string of the molecule is Cc1occc1C(=O)NCC(=O)Nc1ccc(OCc2ccccc2)nc1. The van der Waals surface area contributed by atoms with Crippen LogP contribution in [0, 0.1) is 6.92 Å². The summed E-state index contributed by atoms with van der Waals surface area (Å²) in [7, 11) is 0. The summed E-state index contributed by atoms with van der Waals surface area (Å²) in [6, 6.07) is 14.7. The largest absolute Gasteiger partial charge is 0.473 e. The molecule has 0 spiro atoms. The zero-order chi connectivity index (χ0) is 19.1. The number of pyridine rings is 1. The molecule has 0 bridgehead atoms. The second-order valence-corrected chi connectivity index (χ2v) is 5.78. The van der Waals surface area contributed by atoms with Crippen molar-refractivity contribution < 1.29 is 18.7 Å². The first-order valence-corrected chi connectivity index (χ1v) is 8.37. The molecule has 1 aromatic carbocycles. The molecule has 0 radical (unpaired) electrons. The minimum atomic E-state index is -0.362. The number of hydrogen-bond acceptors (Lipinski definition) is 5. The van der Waals surface area contributed by atoms with E-state index in [1.165, 1.54) is 12.5 Å². The summed E-state index contributed by atoms with van der Waals surface area (Å²) in [6.07, 6.45) is 2.93. The molecule has 7 heteroatoms. The Balaban J connectivity index is 1.45. The highest BCUT2D eigenvalue weighted by Crippen LogP contribution is 2.13. The van der Waals surface area contributed by atoms with Crippen molar-refractivity contribution in [2.24, 2.45) is 0 Å². The molecular formula is C20H19N3O4. The van der Waals surface area contributed by atoms with Gasteiger partial charge in [0.15, 0.2) is 0 Å². The molecular weight excluding hydrogens is 346 g/mol. The van der Waals surface area contributed by atoms with Crippen molar-refractivity contribution in [1.82, 2.24) is 10.3 Å². The van der Waals surface area contributed by atoms with E-state index < -0.39 is 0 Å². The number of ether oxygens (including phenoxy) is 1. The Kier molecular flexibility index (Phi) is 5.84. The van der Waals surface area contributed by atoms with Crippen LogP contribution in [0.5, 0.6) is 5.88 Å². The van der Waals surface area contributed by atoms with Crippen LogP contribution in [0.2, 0.25) is 0 Å². The number of anilines is 1. The van der Waals surface area contributed by atoms with Gasteiger partial charge in [0.1, 0.15) is 12.4 Å². The summed E-state index contributed by atoms with van der Waals surface area (Å²) in [5.41, 5.74) is 1.96. The highest BCUT2D eigenvalue weighted by atomic mass is 16.5. The first-order chi connectivity index (χ1) is 13.1. The third-order valence-corrected chi connectivity index (χ3v) is 3.76. The van der Waals surface area contributed by atoms with Crippen LogP contribution < -0.4 is 15.4 Å². The molecule has 138 valence electrons. The van der Waals surface area contributed by atoms with E-state index in [-0.39, 0.29) is 18.4 Å². The molecule has 0 saturated carbocycles. The standard InChI is InChI=1S/C20H19N3O4/c1-14-17(9-10-26-14)20(25)22-12-18(24)23-16-7-8-19(21-11-16)27-13-15-5-3-2-4-6-15/h2-11H,12-13H2,1H3,(H,22,25)(H,23,24). The van der Waals surface area contributed by atoms with Crippen molar-refractivity contribution in [3.63, 3.8) is 0 Å². The Morgan fingerprint density at radius 2 is 1.93 bits per heavy atom. The average Bonchev–Trinajstić information content (AvgIpc) is 3.12. The van der Waals surface area contributed by atoms with Crippen LogP contribution in [0.1, 0.15) is 21.7 Å². The van der Waals surface area contributed by atoms with E-state index in [0.717, 1.165) is 5.56 Å². The maximum atomic E-state index is 12.0. The predicted octanol–water partition coefficient (Wildman–Crippen LogP) is 2.93. The molecule has 27 heavy (non-hydrogen) atoms. The fraction of sp³-hybridized carbons (Fsp3) is 0.150. The lowest BCUT2D eigenvalue weighted by Crippen LogP contribution is -2.32. The minimum Gasteiger partial charge on any atom is -0.473 e. The monoisotopic (exact) mass is 365 g/mol. The number of carbonyl (C=O) groups is 2. The van der Waals surface area contributed by atoms with Crippen LogP contribution in [0.3, 0.4) is 0 Å². The number of nitrogens with zero attached hydrogens (tertiary/aromatic N) is 1. The Morgan fingerprint density at radius 3 is 2.59 bits per heavy atom. The van der Waals surface area contributed by atoms with Crippen LogP contribution in [0.4, 0.5) is 5.69 Å². The van der Waals surface area contributed by atoms with Crippen LogP contribution in [0.15, 0.2) is 65.4 Å². The predicted molar refractivity (Wildman–Crippen MR) is 99.4 cm³/mol. The molecule has 0 aliphatic carbocycles. The summed E-state index contributed by atoms with van der Waals surface area (Å²) in [5, 5.41) is 5.20. The summed E-state index contributed by atoms with van der Waals surface area (Å²) in [4.78, 5) is 28.1. The van der Waals surface area contributed by atoms with Gasteiger partial charge in [-0.05, 0) is 24.6 Å². The number of amides is 2. The van der Waals surface area contributed by atoms with E-state index in [2.05, 4.69) is 15.6 Å². The molecule has 3 aromatic rings. The molecule has 2 amide bonds. The molecule has 7 nitrogen and oxygen atoms in total. The number of hydrogen-bond donors (Lipinski definition) is 2. The Morgan fingerprint density at radius 1 is 1.11 bits per heavy atom. The van der Waals surface area contributed by atoms with Gasteiger partial charge in [-0.15, -0.1) is 0 Å². The van der Waals surface area contributed by atoms with Gasteiger partial charge in [-0.2, -0.15) is 0 Å². The molecule has 2 aromatic heterocycles. The van der Waals surface area contributed by atoms with Gasteiger partial charge in [0.2, 0.25) is 11.8 Å². The molecule has 2 N–H and O–H groups in total. The lowest BCUT2D eigenvalue weighted by Gasteiger charge is -2.08. The van der Waals surface area contributed by atoms with Crippen molar-refractivity contribution in [3.8, 4) is 5.88 Å². The third-order valence-electron chi connectivity index (χ3n) is 3.76. The summed E-state index contributed by atoms with van der Waals surface area (Å²) < 4.78 is 10.7. The van der Waals surface area contributed by atoms with E-state index in [4.69, 9.17) is 9.15 Å². The Bertz CT molecular complexity index is 904. The topological polar surface area (TPSA) is 93.5 Å². The summed E-state index contributed by atoms with van der Waals surface area (Å²) >= 11 is 0. The van der Waals surface area contributed by atoms with Crippen LogP contribution >= 0.6 is 0 Å². The lowest BCUT2D eigenvalue weighted by molar-refractivity contribution is -0.115. The molecule has 2 heterocycles. The maximum Gasteiger partial charge on any atom is 0.255 e. The van der Waals surface area contributed by atoms with Crippen LogP contribution in [-0.4, -0.2) is 23.3 Å². The number of furan rings is 1. The average molecular weight is 365 g/mol. The summed E-state index contributed by atoms with van der Waals surface area (Å²) in [5.74, 6) is 0.243. The van der Waals surface area contributed by atoms with E-state index in [9.17, 15) is 9.59 Å². The van der Waals surface area contributed by atoms with Crippen molar-refractivity contribution in [1.29, 1.82) is 0 Å². The zero-order valence-electron chi connectivity index (χ0n) is 14.8. The zero-order valence-corrected chi connectivity index (χ0v) is 14.8. The lowest BCUT2D eigenvalue weighted by atomic mass is 10.2. The van der Waals surface area contributed by atoms with Crippen molar-refractivity contribution >= 4 is 17.5 Å². The fourth-order valence-electron chi connectivity index (χ4n) is 2.35. The van der Waals surface area contributed by atoms with Gasteiger partial charge in [0.05, 0.1) is 30.3 Å². The van der Waals surface area contributed by atoms with Gasteiger partial charge in [-0.25, -0.2) is 4.98 Å². The van der Waals surface area contributed by atoms with Crippen molar-refractivity contribution in [3.05, 3.63) is 77.9 Å². The van der Waals surface area contributed by atoms with Gasteiger partial charge in [0.25, 0.3) is 5.91 Å². The summed E-state index contributed by atoms with van der Waals surface area (Å²) in [6.45, 7) is 1.94. The van der Waals surface area contributed by atoms with Gasteiger partial charge >= 0.3 is 0 Å². The van der Waals surface area contributed by atoms with Crippen molar-refractivity contribution in [2.75, 3.05) is 11.9 Å². The van der Waals surface area contributed by atoms with Crippen LogP contribution in [0.25, 0.3) is 0 Å². The number of carbonyl (C=O) groups excluding carboxylic acids is 2. The fourth-order valence-corrected chi connectivity index (χ4v) is 2.35. The first-order valence-electron chi connectivity index (χ1n) is 8.37. The molecule has 0 aliphatic rings. The third kappa shape index (κ3) is 5.18. The quantitative estimate of drug-likeness (QED) is 0.671. The number of rotatable bonds is 7. The highest BCUT2D eigenvalue weighted by molar-refractivity contribution is 5.99. The number of benzene rings is 1. The van der Waals surface area contributed by atoms with Crippen LogP contribution in [-0.2, 0) is 11.4 Å². The van der Waals surface area contributed by atoms with Gasteiger partial charge in [-0.3, -0.25) is 9.59 Å². The second kappa shape index (κ2) is 8.66. The number of aryl methyl sites for hydroxylation is 1. The number of nitrogens with one attached hydrogen (secondary N) is 2. The Labute approximate surface area is 156 Å². The molecule has 0 fully saturated rings. The van der Waals surface area contributed by atoms with E-state index in [1.54, 1.807) is 25.1 Å². The molecule has 0 saturated heterocycles.